The van der Waals surface area contributed by atoms with Crippen LogP contribution in [0.1, 0.15) is 56.9 Å². The third kappa shape index (κ3) is 5.99. The van der Waals surface area contributed by atoms with Crippen molar-refractivity contribution in [3.05, 3.63) is 68.4 Å². The summed E-state index contributed by atoms with van der Waals surface area (Å²) in [5.74, 6) is -0.536. The van der Waals surface area contributed by atoms with Gasteiger partial charge in [0.1, 0.15) is 33.5 Å². The second kappa shape index (κ2) is 12.0. The summed E-state index contributed by atoms with van der Waals surface area (Å²) >= 11 is 1.15. The lowest BCUT2D eigenvalue weighted by Crippen LogP contribution is -2.47. The molecule has 1 aliphatic heterocycles. The topological polar surface area (TPSA) is 134 Å². The average Bonchev–Trinajstić information content (AvgIpc) is 3.74. The Morgan fingerprint density at radius 3 is 2.49 bits per heavy atom. The molecule has 14 heteroatoms. The number of carbonyl (C=O) groups is 1. The van der Waals surface area contributed by atoms with Gasteiger partial charge in [-0.25, -0.2) is 13.8 Å². The number of aliphatic hydroxyl groups is 1. The van der Waals surface area contributed by atoms with Crippen LogP contribution >= 0.6 is 11.3 Å². The fourth-order valence-corrected chi connectivity index (χ4v) is 6.57. The van der Waals surface area contributed by atoms with E-state index in [1.54, 1.807) is 32.6 Å². The molecular formula is C29H35FN6O6S. The number of nitrogens with zero attached hydrogens (tertiary/aromatic N) is 6. The van der Waals surface area contributed by atoms with E-state index in [4.69, 9.17) is 9.47 Å². The smallest absolute Gasteiger partial charge is 0.332 e. The third-order valence-corrected chi connectivity index (χ3v) is 8.79. The molecule has 1 amide bonds. The number of aromatic nitrogens is 5. The SMILES string of the molecule is COc1ccc(F)cc1[C@H](Cn1c(=O)n([C@@H](C)C(=O)N2CCCC2)c(=O)c2c(C)c(-n3nccn3)sc21)OCC(C)(C)O. The number of carbonyl (C=O) groups excluding carboxylic acids is 1. The lowest BCUT2D eigenvalue weighted by atomic mass is 10.1. The molecule has 2 atom stereocenters. The number of likely N-dealkylation sites (tertiary alicyclic amines) is 1. The zero-order valence-electron chi connectivity index (χ0n) is 24.7. The number of aryl methyl sites for hydroxylation is 1. The number of thiophene rings is 1. The van der Waals surface area contributed by atoms with Crippen LogP contribution in [0.3, 0.4) is 0 Å². The minimum atomic E-state index is -1.24. The Morgan fingerprint density at radius 1 is 1.19 bits per heavy atom. The Kier molecular flexibility index (Phi) is 8.54. The van der Waals surface area contributed by atoms with E-state index >= 15 is 0 Å². The van der Waals surface area contributed by atoms with Crippen LogP contribution in [0, 0.1) is 12.7 Å². The van der Waals surface area contributed by atoms with Gasteiger partial charge in [0.25, 0.3) is 5.56 Å². The van der Waals surface area contributed by atoms with Gasteiger partial charge in [-0.1, -0.05) is 11.3 Å². The minimum Gasteiger partial charge on any atom is -0.496 e. The van der Waals surface area contributed by atoms with Crippen LogP contribution in [0.2, 0.25) is 0 Å². The van der Waals surface area contributed by atoms with E-state index in [0.29, 0.717) is 39.8 Å². The number of amides is 1. The van der Waals surface area contributed by atoms with E-state index in [2.05, 4.69) is 10.2 Å². The molecule has 0 unspecified atom stereocenters. The summed E-state index contributed by atoms with van der Waals surface area (Å²) in [6, 6.07) is 2.89. The standard InChI is InChI=1S/C29H35FN6O6S/c1-17-23-25(38)35(18(2)24(37)33-12-6-7-13-33)28(39)34(27(23)43-26(17)36-31-10-11-32-36)15-22(42-16-29(3,4)40)20-14-19(30)8-9-21(20)41-5/h8-11,14,18,22,40H,6-7,12-13,15-16H2,1-5H3/t18-,22-/m0/s1. The lowest BCUT2D eigenvalue weighted by Gasteiger charge is -2.27. The summed E-state index contributed by atoms with van der Waals surface area (Å²) in [4.78, 5) is 45.1. The van der Waals surface area contributed by atoms with Gasteiger partial charge in [-0.15, -0.1) is 4.80 Å². The highest BCUT2D eigenvalue weighted by Gasteiger charge is 2.31. The molecule has 0 bridgehead atoms. The molecule has 1 N–H and O–H groups in total. The van der Waals surface area contributed by atoms with E-state index in [9.17, 15) is 23.9 Å². The fourth-order valence-electron chi connectivity index (χ4n) is 5.35. The van der Waals surface area contributed by atoms with Crippen LogP contribution in [0.25, 0.3) is 15.2 Å². The Hall–Kier alpha value is -3.88. The minimum absolute atomic E-state index is 0.148. The molecule has 4 aromatic rings. The molecule has 230 valence electrons. The number of hydrogen-bond donors (Lipinski definition) is 1. The predicted octanol–water partition coefficient (Wildman–Crippen LogP) is 2.97. The summed E-state index contributed by atoms with van der Waals surface area (Å²) < 4.78 is 28.5. The number of benzene rings is 1. The van der Waals surface area contributed by atoms with E-state index in [1.807, 2.05) is 0 Å². The van der Waals surface area contributed by atoms with Gasteiger partial charge >= 0.3 is 5.69 Å². The highest BCUT2D eigenvalue weighted by molar-refractivity contribution is 7.21. The van der Waals surface area contributed by atoms with E-state index < -0.39 is 34.8 Å². The summed E-state index contributed by atoms with van der Waals surface area (Å²) in [7, 11) is 1.44. The number of fused-ring (bicyclic) bond motifs is 1. The first kappa shape index (κ1) is 30.6. The van der Waals surface area contributed by atoms with Gasteiger partial charge < -0.3 is 19.5 Å². The number of rotatable bonds is 10. The van der Waals surface area contributed by atoms with E-state index in [1.165, 1.54) is 47.1 Å². The van der Waals surface area contributed by atoms with Crippen molar-refractivity contribution in [2.75, 3.05) is 26.8 Å². The molecule has 43 heavy (non-hydrogen) atoms. The normalized spacial score (nSPS) is 15.3. The van der Waals surface area contributed by atoms with Gasteiger partial charge in [-0.3, -0.25) is 14.2 Å². The average molecular weight is 615 g/mol. The number of ether oxygens (including phenoxy) is 2. The summed E-state index contributed by atoms with van der Waals surface area (Å²) in [6.45, 7) is 7.22. The molecule has 1 aliphatic rings. The molecule has 1 saturated heterocycles. The zero-order chi connectivity index (χ0) is 31.1. The molecule has 3 aromatic heterocycles. The van der Waals surface area contributed by atoms with Crippen molar-refractivity contribution < 1.29 is 23.8 Å². The largest absolute Gasteiger partial charge is 0.496 e. The molecule has 0 radical (unpaired) electrons. The third-order valence-electron chi connectivity index (χ3n) is 7.51. The molecule has 1 aromatic carbocycles. The molecule has 0 spiro atoms. The van der Waals surface area contributed by atoms with Crippen molar-refractivity contribution in [2.45, 2.75) is 64.8 Å². The first-order valence-electron chi connectivity index (χ1n) is 14.0. The van der Waals surface area contributed by atoms with Crippen molar-refractivity contribution in [2.24, 2.45) is 0 Å². The first-order valence-corrected chi connectivity index (χ1v) is 14.8. The van der Waals surface area contributed by atoms with Crippen LogP contribution < -0.4 is 16.0 Å². The van der Waals surface area contributed by atoms with Gasteiger partial charge in [-0.2, -0.15) is 10.2 Å². The van der Waals surface area contributed by atoms with Crippen molar-refractivity contribution in [3.8, 4) is 10.8 Å². The number of methoxy groups -OCH3 is 1. The van der Waals surface area contributed by atoms with Crippen LogP contribution in [-0.2, 0) is 16.1 Å². The molecule has 5 rings (SSSR count). The number of halogens is 1. The maximum atomic E-state index is 14.5. The highest BCUT2D eigenvalue weighted by Crippen LogP contribution is 2.34. The van der Waals surface area contributed by atoms with Crippen molar-refractivity contribution >= 4 is 27.5 Å². The van der Waals surface area contributed by atoms with Gasteiger partial charge in [0.05, 0.1) is 43.6 Å². The summed E-state index contributed by atoms with van der Waals surface area (Å²) in [5.41, 5.74) is -1.70. The van der Waals surface area contributed by atoms with Crippen LogP contribution in [0.15, 0.2) is 40.2 Å². The van der Waals surface area contributed by atoms with Crippen molar-refractivity contribution in [1.29, 1.82) is 0 Å². The van der Waals surface area contributed by atoms with Crippen LogP contribution in [-0.4, -0.2) is 72.4 Å². The van der Waals surface area contributed by atoms with E-state index in [0.717, 1.165) is 28.7 Å². The van der Waals surface area contributed by atoms with Crippen LogP contribution in [0.4, 0.5) is 4.39 Å². The highest BCUT2D eigenvalue weighted by atomic mass is 32.1. The molecule has 1 fully saturated rings. The Labute approximate surface area is 250 Å². The van der Waals surface area contributed by atoms with Gasteiger partial charge in [0.15, 0.2) is 0 Å². The van der Waals surface area contributed by atoms with Crippen LogP contribution in [0.5, 0.6) is 5.75 Å². The Bertz CT molecular complexity index is 1750. The first-order chi connectivity index (χ1) is 20.4. The number of hydrogen-bond acceptors (Lipinski definition) is 9. The second-order valence-electron chi connectivity index (χ2n) is 11.3. The van der Waals surface area contributed by atoms with Gasteiger partial charge in [0, 0.05) is 24.2 Å². The second-order valence-corrected chi connectivity index (χ2v) is 12.3. The summed E-state index contributed by atoms with van der Waals surface area (Å²) in [5, 5.41) is 19.6. The summed E-state index contributed by atoms with van der Waals surface area (Å²) in [6.07, 6.45) is 3.74. The maximum absolute atomic E-state index is 14.5. The molecule has 4 heterocycles. The Balaban J connectivity index is 1.74. The molecule has 0 aliphatic carbocycles. The lowest BCUT2D eigenvalue weighted by molar-refractivity contribution is -0.133. The monoisotopic (exact) mass is 614 g/mol. The Morgan fingerprint density at radius 2 is 1.86 bits per heavy atom. The fraction of sp³-hybridized carbons (Fsp3) is 0.483. The van der Waals surface area contributed by atoms with Crippen molar-refractivity contribution in [1.82, 2.24) is 29.0 Å². The molecule has 12 nitrogen and oxygen atoms in total. The molecule has 0 saturated carbocycles. The van der Waals surface area contributed by atoms with Crippen molar-refractivity contribution in [3.63, 3.8) is 0 Å². The molecular weight excluding hydrogens is 579 g/mol. The van der Waals surface area contributed by atoms with E-state index in [-0.39, 0.29) is 24.4 Å². The quantitative estimate of drug-likeness (QED) is 0.288. The van der Waals surface area contributed by atoms with Gasteiger partial charge in [0.2, 0.25) is 5.91 Å². The van der Waals surface area contributed by atoms with Gasteiger partial charge in [-0.05, 0) is 58.7 Å². The predicted molar refractivity (Wildman–Crippen MR) is 158 cm³/mol. The zero-order valence-corrected chi connectivity index (χ0v) is 25.6. The maximum Gasteiger partial charge on any atom is 0.332 e.